The monoisotopic (exact) mass is 220 g/mol. The Balaban J connectivity index is 1.79. The number of amides is 1. The van der Waals surface area contributed by atoms with Crippen LogP contribution in [-0.2, 0) is 11.3 Å². The zero-order chi connectivity index (χ0) is 11.2. The van der Waals surface area contributed by atoms with Crippen molar-refractivity contribution in [3.63, 3.8) is 0 Å². The maximum absolute atomic E-state index is 11.8. The Morgan fingerprint density at radius 2 is 2.56 bits per heavy atom. The third-order valence-electron chi connectivity index (χ3n) is 2.75. The molecule has 1 saturated heterocycles. The number of rotatable bonds is 3. The van der Waals surface area contributed by atoms with E-state index in [0.29, 0.717) is 6.54 Å². The highest BCUT2D eigenvalue weighted by atomic mass is 16.1. The van der Waals surface area contributed by atoms with Crippen molar-refractivity contribution in [2.24, 2.45) is 5.92 Å². The third-order valence-corrected chi connectivity index (χ3v) is 2.75. The zero-order valence-corrected chi connectivity index (χ0v) is 9.15. The van der Waals surface area contributed by atoms with Crippen molar-refractivity contribution in [2.45, 2.75) is 19.4 Å². The van der Waals surface area contributed by atoms with Crippen LogP contribution in [0.1, 0.15) is 18.5 Å². The maximum atomic E-state index is 11.8. The van der Waals surface area contributed by atoms with Crippen molar-refractivity contribution in [3.05, 3.63) is 24.3 Å². The molecule has 0 unspecified atom stereocenters. The Morgan fingerprint density at radius 1 is 1.62 bits per heavy atom. The number of piperidine rings is 1. The molecule has 0 bridgehead atoms. The first kappa shape index (κ1) is 11.0. The summed E-state index contributed by atoms with van der Waals surface area (Å²) in [4.78, 5) is 19.7. The highest BCUT2D eigenvalue weighted by Gasteiger charge is 2.20. The summed E-state index contributed by atoms with van der Waals surface area (Å²) in [7, 11) is 0. The lowest BCUT2D eigenvalue weighted by Gasteiger charge is -2.21. The molecule has 2 N–H and O–H groups in total. The molecule has 1 aliphatic rings. The molecule has 5 nitrogen and oxygen atoms in total. The van der Waals surface area contributed by atoms with E-state index in [4.69, 9.17) is 0 Å². The molecule has 86 valence electrons. The first-order chi connectivity index (χ1) is 7.86. The number of hydrogen-bond donors (Lipinski definition) is 2. The highest BCUT2D eigenvalue weighted by Crippen LogP contribution is 2.09. The van der Waals surface area contributed by atoms with E-state index >= 15 is 0 Å². The number of carbonyl (C=O) groups excluding carboxylic acids is 1. The van der Waals surface area contributed by atoms with E-state index in [1.807, 2.05) is 0 Å². The van der Waals surface area contributed by atoms with Gasteiger partial charge in [-0.15, -0.1) is 0 Å². The van der Waals surface area contributed by atoms with Crippen LogP contribution < -0.4 is 10.6 Å². The number of nitrogens with zero attached hydrogens (tertiary/aromatic N) is 2. The van der Waals surface area contributed by atoms with Crippen LogP contribution in [0.5, 0.6) is 0 Å². The maximum Gasteiger partial charge on any atom is 0.224 e. The molecule has 1 amide bonds. The van der Waals surface area contributed by atoms with Gasteiger partial charge in [-0.2, -0.15) is 0 Å². The average molecular weight is 220 g/mol. The van der Waals surface area contributed by atoms with Crippen LogP contribution in [0.4, 0.5) is 0 Å². The van der Waals surface area contributed by atoms with Crippen LogP contribution in [0.2, 0.25) is 0 Å². The molecular formula is C11H16N4O. The summed E-state index contributed by atoms with van der Waals surface area (Å²) in [6, 6.07) is 1.80. The molecule has 0 aromatic carbocycles. The second kappa shape index (κ2) is 5.55. The first-order valence-electron chi connectivity index (χ1n) is 5.59. The zero-order valence-electron chi connectivity index (χ0n) is 9.15. The second-order valence-electron chi connectivity index (χ2n) is 3.96. The van der Waals surface area contributed by atoms with E-state index in [2.05, 4.69) is 20.6 Å². The van der Waals surface area contributed by atoms with E-state index in [0.717, 1.165) is 31.6 Å². The van der Waals surface area contributed by atoms with Gasteiger partial charge in [-0.1, -0.05) is 0 Å². The minimum absolute atomic E-state index is 0.107. The van der Waals surface area contributed by atoms with Gasteiger partial charge in [0.15, 0.2) is 0 Å². The molecule has 0 aliphatic carbocycles. The fraction of sp³-hybridized carbons (Fsp3) is 0.545. The molecule has 1 aliphatic heterocycles. The molecule has 0 spiro atoms. The van der Waals surface area contributed by atoms with Gasteiger partial charge in [0.25, 0.3) is 0 Å². The SMILES string of the molecule is O=C(NCc1ccncn1)[C@H]1CCCNC1. The van der Waals surface area contributed by atoms with Gasteiger partial charge in [0, 0.05) is 12.7 Å². The predicted molar refractivity (Wildman–Crippen MR) is 59.5 cm³/mol. The summed E-state index contributed by atoms with van der Waals surface area (Å²) in [5.41, 5.74) is 0.840. The van der Waals surface area contributed by atoms with Gasteiger partial charge in [-0.25, -0.2) is 9.97 Å². The van der Waals surface area contributed by atoms with Crippen molar-refractivity contribution in [2.75, 3.05) is 13.1 Å². The molecular weight excluding hydrogens is 204 g/mol. The minimum Gasteiger partial charge on any atom is -0.350 e. The Hall–Kier alpha value is -1.49. The van der Waals surface area contributed by atoms with Crippen molar-refractivity contribution >= 4 is 5.91 Å². The standard InChI is InChI=1S/C11H16N4O/c16-11(9-2-1-4-12-6-9)14-7-10-3-5-13-8-15-10/h3,5,8-9,12H,1-2,4,6-7H2,(H,14,16)/t9-/m0/s1. The van der Waals surface area contributed by atoms with Gasteiger partial charge in [-0.05, 0) is 25.5 Å². The second-order valence-corrected chi connectivity index (χ2v) is 3.96. The molecule has 1 atom stereocenters. The normalized spacial score (nSPS) is 20.4. The van der Waals surface area contributed by atoms with E-state index < -0.39 is 0 Å². The van der Waals surface area contributed by atoms with Gasteiger partial charge in [0.1, 0.15) is 6.33 Å². The summed E-state index contributed by atoms with van der Waals surface area (Å²) < 4.78 is 0. The average Bonchev–Trinajstić information content (AvgIpc) is 2.38. The lowest BCUT2D eigenvalue weighted by Crippen LogP contribution is -2.40. The van der Waals surface area contributed by atoms with Crippen LogP contribution in [0.3, 0.4) is 0 Å². The van der Waals surface area contributed by atoms with E-state index in [1.165, 1.54) is 6.33 Å². The summed E-state index contributed by atoms with van der Waals surface area (Å²) in [5.74, 6) is 0.224. The lowest BCUT2D eigenvalue weighted by molar-refractivity contribution is -0.125. The van der Waals surface area contributed by atoms with Gasteiger partial charge in [-0.3, -0.25) is 4.79 Å². The van der Waals surface area contributed by atoms with Crippen LogP contribution in [0.25, 0.3) is 0 Å². The van der Waals surface area contributed by atoms with Crippen LogP contribution in [-0.4, -0.2) is 29.0 Å². The van der Waals surface area contributed by atoms with Crippen LogP contribution >= 0.6 is 0 Å². The van der Waals surface area contributed by atoms with Crippen molar-refractivity contribution in [1.82, 2.24) is 20.6 Å². The van der Waals surface area contributed by atoms with Crippen molar-refractivity contribution in [3.8, 4) is 0 Å². The summed E-state index contributed by atoms with van der Waals surface area (Å²) >= 11 is 0. The molecule has 2 rings (SSSR count). The molecule has 0 saturated carbocycles. The molecule has 5 heteroatoms. The number of hydrogen-bond acceptors (Lipinski definition) is 4. The summed E-state index contributed by atoms with van der Waals surface area (Å²) in [5, 5.41) is 6.13. The Morgan fingerprint density at radius 3 is 3.25 bits per heavy atom. The van der Waals surface area contributed by atoms with E-state index in [1.54, 1.807) is 12.3 Å². The number of aromatic nitrogens is 2. The van der Waals surface area contributed by atoms with Crippen LogP contribution in [0, 0.1) is 5.92 Å². The van der Waals surface area contributed by atoms with Crippen molar-refractivity contribution in [1.29, 1.82) is 0 Å². The van der Waals surface area contributed by atoms with Gasteiger partial charge >= 0.3 is 0 Å². The minimum atomic E-state index is 0.107. The predicted octanol–water partition coefficient (Wildman–Crippen LogP) is 0.0924. The van der Waals surface area contributed by atoms with Gasteiger partial charge in [0.05, 0.1) is 18.2 Å². The fourth-order valence-corrected chi connectivity index (χ4v) is 1.82. The first-order valence-corrected chi connectivity index (χ1v) is 5.59. The largest absolute Gasteiger partial charge is 0.350 e. The lowest BCUT2D eigenvalue weighted by atomic mass is 9.99. The highest BCUT2D eigenvalue weighted by molar-refractivity contribution is 5.78. The summed E-state index contributed by atoms with van der Waals surface area (Å²) in [6.07, 6.45) is 5.22. The van der Waals surface area contributed by atoms with Gasteiger partial charge in [0.2, 0.25) is 5.91 Å². The molecule has 16 heavy (non-hydrogen) atoms. The number of carbonyl (C=O) groups is 1. The Labute approximate surface area is 94.7 Å². The molecule has 1 aromatic heterocycles. The van der Waals surface area contributed by atoms with E-state index in [-0.39, 0.29) is 11.8 Å². The van der Waals surface area contributed by atoms with Gasteiger partial charge < -0.3 is 10.6 Å². The fourth-order valence-electron chi connectivity index (χ4n) is 1.82. The molecule has 2 heterocycles. The topological polar surface area (TPSA) is 66.9 Å². The van der Waals surface area contributed by atoms with Crippen LogP contribution in [0.15, 0.2) is 18.6 Å². The van der Waals surface area contributed by atoms with E-state index in [9.17, 15) is 4.79 Å². The van der Waals surface area contributed by atoms with Crippen molar-refractivity contribution < 1.29 is 4.79 Å². The third kappa shape index (κ3) is 3.00. The molecule has 0 radical (unpaired) electrons. The summed E-state index contributed by atoms with van der Waals surface area (Å²) in [6.45, 7) is 2.29. The number of nitrogens with one attached hydrogen (secondary N) is 2. The Bertz CT molecular complexity index is 335. The molecule has 1 fully saturated rings. The smallest absolute Gasteiger partial charge is 0.224 e. The molecule has 1 aromatic rings. The quantitative estimate of drug-likeness (QED) is 0.757. The Kier molecular flexibility index (Phi) is 3.82.